The minimum absolute atomic E-state index is 0.0174. The van der Waals surface area contributed by atoms with Gasteiger partial charge in [-0.25, -0.2) is 0 Å². The van der Waals surface area contributed by atoms with Crippen LogP contribution in [-0.2, 0) is 14.3 Å². The summed E-state index contributed by atoms with van der Waals surface area (Å²) in [6.07, 6.45) is 12.7. The van der Waals surface area contributed by atoms with Crippen LogP contribution in [0.25, 0.3) is 0 Å². The summed E-state index contributed by atoms with van der Waals surface area (Å²) in [5.74, 6) is 2.54. The maximum atomic E-state index is 12.5. The second kappa shape index (κ2) is 10.2. The van der Waals surface area contributed by atoms with E-state index in [1.807, 2.05) is 0 Å². The highest BCUT2D eigenvalue weighted by molar-refractivity contribution is 5.66. The maximum Gasteiger partial charge on any atom is 0.303 e. The molecule has 214 valence electrons. The zero-order chi connectivity index (χ0) is 26.7. The van der Waals surface area contributed by atoms with Gasteiger partial charge in [0.2, 0.25) is 0 Å². The first-order valence-corrected chi connectivity index (χ1v) is 15.9. The van der Waals surface area contributed by atoms with Crippen molar-refractivity contribution in [3.05, 3.63) is 12.7 Å². The van der Waals surface area contributed by atoms with Crippen LogP contribution in [0.4, 0.5) is 0 Å². The Labute approximate surface area is 230 Å². The molecule has 4 aliphatic carbocycles. The molecule has 1 N–H and O–H groups in total. The van der Waals surface area contributed by atoms with Crippen molar-refractivity contribution in [2.24, 2.45) is 34.5 Å². The predicted octanol–water partition coefficient (Wildman–Crippen LogP) is 4.41. The Balaban J connectivity index is 1.30. The number of carbonyl (C=O) groups excluding carboxylic acids is 1. The third kappa shape index (κ3) is 4.23. The summed E-state index contributed by atoms with van der Waals surface area (Å²) >= 11 is 0. The van der Waals surface area contributed by atoms with Gasteiger partial charge in [-0.2, -0.15) is 0 Å². The van der Waals surface area contributed by atoms with Crippen molar-refractivity contribution in [3.63, 3.8) is 0 Å². The van der Waals surface area contributed by atoms with E-state index in [1.165, 1.54) is 51.6 Å². The van der Waals surface area contributed by atoms with Crippen molar-refractivity contribution in [3.8, 4) is 0 Å². The van der Waals surface area contributed by atoms with Crippen LogP contribution in [-0.4, -0.2) is 90.7 Å². The molecule has 2 aliphatic heterocycles. The summed E-state index contributed by atoms with van der Waals surface area (Å²) in [4.78, 5) is 15.0. The molecule has 6 heteroatoms. The van der Waals surface area contributed by atoms with E-state index in [0.29, 0.717) is 29.7 Å². The lowest BCUT2D eigenvalue weighted by Gasteiger charge is -2.62. The molecule has 0 aromatic carbocycles. The number of rotatable bonds is 5. The molecule has 0 spiro atoms. The molecule has 6 aliphatic rings. The molecule has 2 saturated heterocycles. The third-order valence-corrected chi connectivity index (χ3v) is 13.1. The first-order chi connectivity index (χ1) is 18.2. The molecule has 4 saturated carbocycles. The number of aliphatic hydroxyl groups is 1. The van der Waals surface area contributed by atoms with Crippen molar-refractivity contribution in [2.75, 3.05) is 45.9 Å². The number of esters is 1. The van der Waals surface area contributed by atoms with Gasteiger partial charge in [-0.1, -0.05) is 20.4 Å². The van der Waals surface area contributed by atoms with E-state index in [0.717, 1.165) is 56.6 Å². The van der Waals surface area contributed by atoms with Gasteiger partial charge in [-0.05, 0) is 73.7 Å². The minimum atomic E-state index is -0.209. The van der Waals surface area contributed by atoms with E-state index in [2.05, 4.69) is 31.4 Å². The van der Waals surface area contributed by atoms with Gasteiger partial charge in [-0.3, -0.25) is 9.69 Å². The first kappa shape index (κ1) is 27.2. The molecule has 0 aromatic heterocycles. The second-order valence-electron chi connectivity index (χ2n) is 14.6. The fourth-order valence-corrected chi connectivity index (χ4v) is 11.3. The topological polar surface area (TPSA) is 59.0 Å². The number of quaternary nitrogens is 1. The highest BCUT2D eigenvalue weighted by atomic mass is 16.5. The van der Waals surface area contributed by atoms with E-state index in [4.69, 9.17) is 9.47 Å². The largest absolute Gasteiger partial charge is 0.456 e. The lowest BCUT2D eigenvalue weighted by molar-refractivity contribution is -0.937. The van der Waals surface area contributed by atoms with Crippen LogP contribution in [0.2, 0.25) is 0 Å². The first-order valence-electron chi connectivity index (χ1n) is 15.9. The monoisotopic (exact) mass is 529 g/mol. The average molecular weight is 530 g/mol. The van der Waals surface area contributed by atoms with Crippen LogP contribution in [0, 0.1) is 34.5 Å². The Morgan fingerprint density at radius 3 is 2.53 bits per heavy atom. The Hall–Kier alpha value is -0.950. The second-order valence-corrected chi connectivity index (χ2v) is 14.6. The molecule has 10 atom stereocenters. The van der Waals surface area contributed by atoms with Crippen molar-refractivity contribution in [1.29, 1.82) is 0 Å². The number of hydrogen-bond acceptors (Lipinski definition) is 5. The van der Waals surface area contributed by atoms with E-state index in [1.54, 1.807) is 6.92 Å². The molecule has 38 heavy (non-hydrogen) atoms. The smallest absolute Gasteiger partial charge is 0.303 e. The molecule has 0 amide bonds. The summed E-state index contributed by atoms with van der Waals surface area (Å²) in [7, 11) is 0. The van der Waals surface area contributed by atoms with Crippen LogP contribution in [0.3, 0.4) is 0 Å². The molecule has 2 heterocycles. The van der Waals surface area contributed by atoms with Crippen molar-refractivity contribution >= 4 is 5.97 Å². The highest BCUT2D eigenvalue weighted by Crippen LogP contribution is 2.67. The Morgan fingerprint density at radius 1 is 1.11 bits per heavy atom. The quantitative estimate of drug-likeness (QED) is 0.325. The van der Waals surface area contributed by atoms with Gasteiger partial charge in [0.15, 0.2) is 6.10 Å². The number of fused-ring (bicyclic) bond motifs is 5. The molecule has 6 nitrogen and oxygen atoms in total. The van der Waals surface area contributed by atoms with Crippen LogP contribution in [0.15, 0.2) is 12.7 Å². The van der Waals surface area contributed by atoms with Crippen molar-refractivity contribution < 1.29 is 23.9 Å². The van der Waals surface area contributed by atoms with Crippen LogP contribution >= 0.6 is 0 Å². The number of ether oxygens (including phenoxy) is 2. The normalized spacial score (nSPS) is 48.5. The maximum absolute atomic E-state index is 12.5. The van der Waals surface area contributed by atoms with Crippen molar-refractivity contribution in [2.45, 2.75) is 103 Å². The Morgan fingerprint density at radius 2 is 1.84 bits per heavy atom. The number of likely N-dealkylation sites (tertiary alicyclic amines) is 1. The zero-order valence-electron chi connectivity index (χ0n) is 24.3. The van der Waals surface area contributed by atoms with E-state index in [9.17, 15) is 9.90 Å². The van der Waals surface area contributed by atoms with Gasteiger partial charge in [0.1, 0.15) is 6.04 Å². The van der Waals surface area contributed by atoms with Crippen LogP contribution < -0.4 is 0 Å². The summed E-state index contributed by atoms with van der Waals surface area (Å²) in [5.41, 5.74) is 0.343. The van der Waals surface area contributed by atoms with E-state index < -0.39 is 0 Å². The van der Waals surface area contributed by atoms with E-state index >= 15 is 0 Å². The fraction of sp³-hybridized carbons (Fsp3) is 0.906. The summed E-state index contributed by atoms with van der Waals surface area (Å²) in [6, 6.07) is 0.663. The van der Waals surface area contributed by atoms with Gasteiger partial charge >= 0.3 is 5.97 Å². The molecular formula is C32H53N2O4+. The summed E-state index contributed by atoms with van der Waals surface area (Å²) in [5, 5.41) is 11.3. The molecule has 0 bridgehead atoms. The molecule has 0 aromatic rings. The Kier molecular flexibility index (Phi) is 7.27. The molecule has 6 fully saturated rings. The number of carbonyl (C=O) groups is 1. The number of nitrogens with zero attached hydrogens (tertiary/aromatic N) is 2. The lowest BCUT2D eigenvalue weighted by Crippen LogP contribution is -2.61. The zero-order valence-corrected chi connectivity index (χ0v) is 24.3. The van der Waals surface area contributed by atoms with Crippen molar-refractivity contribution in [1.82, 2.24) is 4.90 Å². The summed E-state index contributed by atoms with van der Waals surface area (Å²) < 4.78 is 13.1. The number of morpholine rings is 1. The molecule has 4 unspecified atom stereocenters. The van der Waals surface area contributed by atoms with Gasteiger partial charge in [-0.15, -0.1) is 0 Å². The van der Waals surface area contributed by atoms with Gasteiger partial charge in [0.05, 0.1) is 39.0 Å². The van der Waals surface area contributed by atoms with Crippen LogP contribution in [0.5, 0.6) is 0 Å². The average Bonchev–Trinajstić information content (AvgIpc) is 3.48. The number of aliphatic hydroxyl groups excluding tert-OH is 1. The van der Waals surface area contributed by atoms with Gasteiger partial charge < -0.3 is 19.1 Å². The summed E-state index contributed by atoms with van der Waals surface area (Å²) in [6.45, 7) is 17.7. The standard InChI is InChI=1S/C32H53N2O4/c1-5-14-34(15-6-7-16-34)28-20-26-24-9-8-23-19-29(36)27(33-12-17-37-18-13-33)21-32(23,4)25(24)10-11-31(26,3)30(28)38-22(2)35/h5,23-30,36H,1,6-21H2,2-4H3/q+1/t23?,24?,25?,26?,27-,28-,29+,30-,31-,32-/m0/s1. The molecular weight excluding hydrogens is 476 g/mol. The predicted molar refractivity (Wildman–Crippen MR) is 148 cm³/mol. The number of hydrogen-bond donors (Lipinski definition) is 1. The Bertz CT molecular complexity index is 898. The fourth-order valence-electron chi connectivity index (χ4n) is 11.3. The SMILES string of the molecule is C=CC[N+]1([C@H]2CC3C4CCC5C[C@@H](O)[C@@H](N6CCOCC6)C[C@]5(C)C4CC[C@]3(C)[C@H]2OC(C)=O)CCCC1. The van der Waals surface area contributed by atoms with Gasteiger partial charge in [0.25, 0.3) is 0 Å². The minimum Gasteiger partial charge on any atom is -0.456 e. The van der Waals surface area contributed by atoms with Crippen LogP contribution in [0.1, 0.15) is 78.6 Å². The third-order valence-electron chi connectivity index (χ3n) is 13.1. The highest BCUT2D eigenvalue weighted by Gasteiger charge is 2.67. The van der Waals surface area contributed by atoms with E-state index in [-0.39, 0.29) is 35.0 Å². The lowest BCUT2D eigenvalue weighted by atomic mass is 9.44. The van der Waals surface area contributed by atoms with Gasteiger partial charge in [0, 0.05) is 50.7 Å². The molecule has 0 radical (unpaired) electrons. The molecule has 6 rings (SSSR count).